The van der Waals surface area contributed by atoms with Gasteiger partial charge in [-0.3, -0.25) is 24.6 Å². The minimum Gasteiger partial charge on any atom is -0.489 e. The number of amides is 3. The van der Waals surface area contributed by atoms with E-state index in [0.29, 0.717) is 31.2 Å². The summed E-state index contributed by atoms with van der Waals surface area (Å²) in [6.07, 6.45) is 5.45. The summed E-state index contributed by atoms with van der Waals surface area (Å²) in [6.45, 7) is 2.86. The molecule has 0 radical (unpaired) electrons. The number of likely N-dealkylation sites (tertiary alicyclic amines) is 1. The topological polar surface area (TPSA) is 88.2 Å². The molecule has 3 atom stereocenters. The Morgan fingerprint density at radius 2 is 1.76 bits per heavy atom. The number of nitrogens with one attached hydrogen (secondary N) is 1. The van der Waals surface area contributed by atoms with Gasteiger partial charge in [0.05, 0.1) is 12.7 Å². The first-order valence-corrected chi connectivity index (χ1v) is 13.4. The largest absolute Gasteiger partial charge is 0.489 e. The Balaban J connectivity index is 1.06. The predicted octanol–water partition coefficient (Wildman–Crippen LogP) is 3.04. The second kappa shape index (κ2) is 10.3. The van der Waals surface area contributed by atoms with Gasteiger partial charge in [0.15, 0.2) is 0 Å². The summed E-state index contributed by atoms with van der Waals surface area (Å²) in [5.74, 6) is -0.0568. The lowest BCUT2D eigenvalue weighted by Gasteiger charge is -2.48. The van der Waals surface area contributed by atoms with Gasteiger partial charge in [-0.1, -0.05) is 36.8 Å². The monoisotopic (exact) mass is 503 g/mol. The second-order valence-corrected chi connectivity index (χ2v) is 10.6. The fraction of sp³-hybridized carbons (Fsp3) is 0.483. The number of hydrogen-bond donors (Lipinski definition) is 1. The molecule has 0 aromatic heterocycles. The molecule has 3 amide bonds. The molecule has 1 aliphatic carbocycles. The van der Waals surface area contributed by atoms with Crippen LogP contribution in [0.1, 0.15) is 60.0 Å². The molecule has 1 unspecified atom stereocenters. The molecule has 4 aliphatic rings. The number of hydrogen-bond acceptors (Lipinski definition) is 6. The first kappa shape index (κ1) is 24.1. The van der Waals surface area contributed by atoms with E-state index in [1.54, 1.807) is 4.90 Å². The van der Waals surface area contributed by atoms with E-state index in [9.17, 15) is 14.4 Å². The van der Waals surface area contributed by atoms with Gasteiger partial charge in [0.1, 0.15) is 17.9 Å². The van der Waals surface area contributed by atoms with Crippen LogP contribution in [0.15, 0.2) is 48.5 Å². The van der Waals surface area contributed by atoms with Crippen molar-refractivity contribution in [1.82, 2.24) is 15.1 Å². The van der Waals surface area contributed by atoms with Gasteiger partial charge in [-0.15, -0.1) is 0 Å². The smallest absolute Gasteiger partial charge is 0.255 e. The van der Waals surface area contributed by atoms with Gasteiger partial charge in [0, 0.05) is 37.7 Å². The molecule has 8 nitrogen and oxygen atoms in total. The normalized spacial score (nSPS) is 26.5. The van der Waals surface area contributed by atoms with E-state index in [4.69, 9.17) is 9.47 Å². The van der Waals surface area contributed by atoms with Crippen LogP contribution < -0.4 is 10.1 Å². The molecule has 6 rings (SSSR count). The summed E-state index contributed by atoms with van der Waals surface area (Å²) >= 11 is 0. The Kier molecular flexibility index (Phi) is 6.69. The lowest BCUT2D eigenvalue weighted by molar-refractivity contribution is -0.136. The number of piperidine rings is 1. The standard InChI is InChI=1S/C29H33N3O5/c33-27-13-12-25(28(34)30-27)32-15-20-14-21(10-11-23(20)29(32)35)37-26-9-5-4-8-24(26)31-16-22(17-31)36-18-19-6-2-1-3-7-19/h1-3,6-7,10-11,14,22,24-26H,4-5,8-9,12-13,15-18H2,(H,30,33,34)/t24-,25?,26-/m1/s1. The number of nitrogens with zero attached hydrogens (tertiary/aromatic N) is 2. The van der Waals surface area contributed by atoms with Crippen LogP contribution in [0.2, 0.25) is 0 Å². The van der Waals surface area contributed by atoms with Crippen molar-refractivity contribution in [3.8, 4) is 5.75 Å². The molecular formula is C29H33N3O5. The number of imide groups is 1. The van der Waals surface area contributed by atoms with E-state index in [0.717, 1.165) is 43.7 Å². The van der Waals surface area contributed by atoms with Gasteiger partial charge in [0.2, 0.25) is 11.8 Å². The van der Waals surface area contributed by atoms with Crippen LogP contribution in [0.3, 0.4) is 0 Å². The lowest BCUT2D eigenvalue weighted by atomic mass is 9.89. The molecule has 0 bridgehead atoms. The minimum atomic E-state index is -0.604. The van der Waals surface area contributed by atoms with E-state index in [1.165, 1.54) is 12.0 Å². The summed E-state index contributed by atoms with van der Waals surface area (Å²) < 4.78 is 12.6. The summed E-state index contributed by atoms with van der Waals surface area (Å²) in [5, 5.41) is 2.35. The number of carbonyl (C=O) groups excluding carboxylic acids is 3. The van der Waals surface area contributed by atoms with Gasteiger partial charge >= 0.3 is 0 Å². The van der Waals surface area contributed by atoms with E-state index < -0.39 is 6.04 Å². The number of benzene rings is 2. The molecule has 2 aromatic carbocycles. The zero-order valence-corrected chi connectivity index (χ0v) is 20.9. The molecule has 3 fully saturated rings. The average Bonchev–Trinajstić information content (AvgIpc) is 3.20. The summed E-state index contributed by atoms with van der Waals surface area (Å²) in [4.78, 5) is 40.9. The van der Waals surface area contributed by atoms with Gasteiger partial charge in [0.25, 0.3) is 5.91 Å². The summed E-state index contributed by atoms with van der Waals surface area (Å²) in [7, 11) is 0. The highest BCUT2D eigenvalue weighted by Gasteiger charge is 2.41. The number of fused-ring (bicyclic) bond motifs is 1. The van der Waals surface area contributed by atoms with Gasteiger partial charge in [-0.25, -0.2) is 0 Å². The van der Waals surface area contributed by atoms with Crippen molar-refractivity contribution in [2.75, 3.05) is 13.1 Å². The SMILES string of the molecule is O=C1CCC(N2Cc3cc(O[C@@H]4CCCC[C@H]4N4CC(OCc5ccccc5)C4)ccc3C2=O)C(=O)N1. The molecule has 194 valence electrons. The first-order chi connectivity index (χ1) is 18.0. The molecule has 8 heteroatoms. The zero-order chi connectivity index (χ0) is 25.4. The Morgan fingerprint density at radius 1 is 0.946 bits per heavy atom. The van der Waals surface area contributed by atoms with Crippen LogP contribution in [-0.2, 0) is 27.5 Å². The highest BCUT2D eigenvalue weighted by atomic mass is 16.5. The molecule has 2 aromatic rings. The first-order valence-electron chi connectivity index (χ1n) is 13.4. The minimum absolute atomic E-state index is 0.102. The highest BCUT2D eigenvalue weighted by molar-refractivity contribution is 6.05. The van der Waals surface area contributed by atoms with Crippen LogP contribution in [0.25, 0.3) is 0 Å². The maximum absolute atomic E-state index is 13.0. The molecule has 1 saturated carbocycles. The number of carbonyl (C=O) groups is 3. The van der Waals surface area contributed by atoms with Crippen LogP contribution in [0, 0.1) is 0 Å². The van der Waals surface area contributed by atoms with Crippen molar-refractivity contribution < 1.29 is 23.9 Å². The van der Waals surface area contributed by atoms with Crippen LogP contribution >= 0.6 is 0 Å². The van der Waals surface area contributed by atoms with Gasteiger partial charge < -0.3 is 14.4 Å². The molecule has 3 aliphatic heterocycles. The second-order valence-electron chi connectivity index (χ2n) is 10.6. The Labute approximate surface area is 216 Å². The fourth-order valence-corrected chi connectivity index (χ4v) is 6.07. The van der Waals surface area contributed by atoms with E-state index in [1.807, 2.05) is 36.4 Å². The summed E-state index contributed by atoms with van der Waals surface area (Å²) in [5.41, 5.74) is 2.68. The highest BCUT2D eigenvalue weighted by Crippen LogP contribution is 2.34. The van der Waals surface area contributed by atoms with E-state index in [2.05, 4.69) is 22.3 Å². The van der Waals surface area contributed by atoms with Crippen molar-refractivity contribution in [1.29, 1.82) is 0 Å². The molecule has 2 saturated heterocycles. The molecule has 37 heavy (non-hydrogen) atoms. The van der Waals surface area contributed by atoms with Gasteiger partial charge in [-0.05, 0) is 55.0 Å². The third-order valence-corrected chi connectivity index (χ3v) is 8.12. The lowest BCUT2D eigenvalue weighted by Crippen LogP contribution is -2.61. The fourth-order valence-electron chi connectivity index (χ4n) is 6.07. The van der Waals surface area contributed by atoms with Crippen molar-refractivity contribution in [2.24, 2.45) is 0 Å². The van der Waals surface area contributed by atoms with E-state index in [-0.39, 0.29) is 36.4 Å². The van der Waals surface area contributed by atoms with Crippen LogP contribution in [0.4, 0.5) is 0 Å². The molecule has 0 spiro atoms. The van der Waals surface area contributed by atoms with Crippen LogP contribution in [0.5, 0.6) is 5.75 Å². The Hall–Kier alpha value is -3.23. The quantitative estimate of drug-likeness (QED) is 0.585. The van der Waals surface area contributed by atoms with Crippen molar-refractivity contribution >= 4 is 17.7 Å². The predicted molar refractivity (Wildman–Crippen MR) is 136 cm³/mol. The maximum atomic E-state index is 13.0. The zero-order valence-electron chi connectivity index (χ0n) is 20.9. The van der Waals surface area contributed by atoms with E-state index >= 15 is 0 Å². The molecule has 1 N–H and O–H groups in total. The Bertz CT molecular complexity index is 1180. The number of rotatable bonds is 7. The molecule has 3 heterocycles. The Morgan fingerprint density at radius 3 is 2.57 bits per heavy atom. The van der Waals surface area contributed by atoms with Crippen molar-refractivity contribution in [3.05, 3.63) is 65.2 Å². The number of ether oxygens (including phenoxy) is 2. The maximum Gasteiger partial charge on any atom is 0.255 e. The average molecular weight is 504 g/mol. The third kappa shape index (κ3) is 5.00. The van der Waals surface area contributed by atoms with Crippen molar-refractivity contribution in [2.45, 2.75) is 76.0 Å². The summed E-state index contributed by atoms with van der Waals surface area (Å²) in [6, 6.07) is 15.7. The van der Waals surface area contributed by atoms with Gasteiger partial charge in [-0.2, -0.15) is 0 Å². The van der Waals surface area contributed by atoms with Crippen LogP contribution in [-0.4, -0.2) is 64.9 Å². The molecular weight excluding hydrogens is 470 g/mol. The third-order valence-electron chi connectivity index (χ3n) is 8.12. The van der Waals surface area contributed by atoms with Crippen molar-refractivity contribution in [3.63, 3.8) is 0 Å².